The van der Waals surface area contributed by atoms with Crippen LogP contribution in [0.2, 0.25) is 0 Å². The van der Waals surface area contributed by atoms with Gasteiger partial charge in [-0.05, 0) is 50.1 Å². The summed E-state index contributed by atoms with van der Waals surface area (Å²) in [5, 5.41) is 5.83. The lowest BCUT2D eigenvalue weighted by atomic mass is 9.78. The van der Waals surface area contributed by atoms with Crippen LogP contribution in [0.1, 0.15) is 36.6 Å². The molecule has 2 heteroatoms. The van der Waals surface area contributed by atoms with Crippen LogP contribution in [0.15, 0.2) is 11.4 Å². The van der Waals surface area contributed by atoms with E-state index < -0.39 is 0 Å². The van der Waals surface area contributed by atoms with Gasteiger partial charge in [-0.25, -0.2) is 0 Å². The van der Waals surface area contributed by atoms with Crippen molar-refractivity contribution in [2.45, 2.75) is 45.2 Å². The normalized spacial score (nSPS) is 19.8. The van der Waals surface area contributed by atoms with E-state index in [2.05, 4.69) is 30.6 Å². The molecule has 0 radical (unpaired) electrons. The summed E-state index contributed by atoms with van der Waals surface area (Å²) in [6.07, 6.45) is 4.09. The van der Waals surface area contributed by atoms with Crippen LogP contribution in [0.4, 0.5) is 0 Å². The average Bonchev–Trinajstić information content (AvgIpc) is 2.44. The Labute approximate surface area is 84.2 Å². The van der Waals surface area contributed by atoms with Crippen LogP contribution in [0, 0.1) is 6.92 Å². The van der Waals surface area contributed by atoms with Crippen molar-refractivity contribution in [3.05, 3.63) is 21.9 Å². The van der Waals surface area contributed by atoms with E-state index in [0.29, 0.717) is 5.54 Å². The Kier molecular flexibility index (Phi) is 2.43. The summed E-state index contributed by atoms with van der Waals surface area (Å²) in [7, 11) is 0. The highest BCUT2D eigenvalue weighted by atomic mass is 32.1. The SMILES string of the molecule is Cc1ccsc1CNC1(C)CCC1. The van der Waals surface area contributed by atoms with Crippen LogP contribution < -0.4 is 5.32 Å². The molecule has 1 aliphatic rings. The smallest absolute Gasteiger partial charge is 0.0307 e. The van der Waals surface area contributed by atoms with E-state index in [4.69, 9.17) is 0 Å². The number of rotatable bonds is 3. The fraction of sp³-hybridized carbons (Fsp3) is 0.636. The molecule has 1 aliphatic carbocycles. The summed E-state index contributed by atoms with van der Waals surface area (Å²) in [4.78, 5) is 1.49. The van der Waals surface area contributed by atoms with Crippen LogP contribution in [0.25, 0.3) is 0 Å². The van der Waals surface area contributed by atoms with E-state index in [1.165, 1.54) is 29.7 Å². The van der Waals surface area contributed by atoms with Gasteiger partial charge in [-0.2, -0.15) is 0 Å². The Bertz CT molecular complexity index is 286. The first-order valence-corrected chi connectivity index (χ1v) is 5.86. The standard InChI is InChI=1S/C11H17NS/c1-9-4-7-13-10(9)8-12-11(2)5-3-6-11/h4,7,12H,3,5-6,8H2,1-2H3. The van der Waals surface area contributed by atoms with Gasteiger partial charge in [0.25, 0.3) is 0 Å². The van der Waals surface area contributed by atoms with Gasteiger partial charge in [0.15, 0.2) is 0 Å². The van der Waals surface area contributed by atoms with Crippen LogP contribution in [-0.4, -0.2) is 5.54 Å². The number of thiophene rings is 1. The van der Waals surface area contributed by atoms with Crippen molar-refractivity contribution in [3.63, 3.8) is 0 Å². The summed E-state index contributed by atoms with van der Waals surface area (Å²) >= 11 is 1.86. The fourth-order valence-electron chi connectivity index (χ4n) is 1.76. The topological polar surface area (TPSA) is 12.0 Å². The second-order valence-electron chi connectivity index (χ2n) is 4.29. The molecule has 72 valence electrons. The molecule has 0 unspecified atom stereocenters. The molecule has 1 heterocycles. The molecule has 0 spiro atoms. The molecule has 2 rings (SSSR count). The number of hydrogen-bond acceptors (Lipinski definition) is 2. The van der Waals surface area contributed by atoms with Gasteiger partial charge in [-0.3, -0.25) is 0 Å². The van der Waals surface area contributed by atoms with Gasteiger partial charge < -0.3 is 5.32 Å². The zero-order valence-corrected chi connectivity index (χ0v) is 9.21. The summed E-state index contributed by atoms with van der Waals surface area (Å²) in [5.41, 5.74) is 1.87. The van der Waals surface area contributed by atoms with Crippen LogP contribution in [0.5, 0.6) is 0 Å². The van der Waals surface area contributed by atoms with E-state index in [0.717, 1.165) is 6.54 Å². The molecule has 1 saturated carbocycles. The zero-order valence-electron chi connectivity index (χ0n) is 8.39. The van der Waals surface area contributed by atoms with E-state index in [9.17, 15) is 0 Å². The van der Waals surface area contributed by atoms with Gasteiger partial charge >= 0.3 is 0 Å². The van der Waals surface area contributed by atoms with Gasteiger partial charge in [0, 0.05) is 17.0 Å². The molecule has 0 aromatic carbocycles. The lowest BCUT2D eigenvalue weighted by Crippen LogP contribution is -2.47. The highest BCUT2D eigenvalue weighted by Crippen LogP contribution is 2.31. The third-order valence-electron chi connectivity index (χ3n) is 3.10. The van der Waals surface area contributed by atoms with Gasteiger partial charge in [0.2, 0.25) is 0 Å². The Morgan fingerprint density at radius 1 is 1.54 bits per heavy atom. The highest BCUT2D eigenvalue weighted by molar-refractivity contribution is 7.10. The maximum atomic E-state index is 3.65. The van der Waals surface area contributed by atoms with Crippen LogP contribution in [-0.2, 0) is 6.54 Å². The first-order valence-electron chi connectivity index (χ1n) is 4.98. The second-order valence-corrected chi connectivity index (χ2v) is 5.30. The number of hydrogen-bond donors (Lipinski definition) is 1. The van der Waals surface area contributed by atoms with Crippen molar-refractivity contribution in [2.24, 2.45) is 0 Å². The Morgan fingerprint density at radius 2 is 2.31 bits per heavy atom. The largest absolute Gasteiger partial charge is 0.307 e. The minimum Gasteiger partial charge on any atom is -0.307 e. The van der Waals surface area contributed by atoms with Crippen molar-refractivity contribution in [2.75, 3.05) is 0 Å². The molecule has 0 saturated heterocycles. The summed E-state index contributed by atoms with van der Waals surface area (Å²) in [6, 6.07) is 2.20. The average molecular weight is 195 g/mol. The molecule has 0 bridgehead atoms. The molecule has 1 nitrogen and oxygen atoms in total. The second kappa shape index (κ2) is 3.43. The predicted molar refractivity (Wildman–Crippen MR) is 58.2 cm³/mol. The van der Waals surface area contributed by atoms with Gasteiger partial charge in [0.05, 0.1) is 0 Å². The van der Waals surface area contributed by atoms with Crippen LogP contribution in [0.3, 0.4) is 0 Å². The first kappa shape index (κ1) is 9.22. The lowest BCUT2D eigenvalue weighted by Gasteiger charge is -2.39. The summed E-state index contributed by atoms with van der Waals surface area (Å²) in [6.45, 7) is 5.58. The maximum Gasteiger partial charge on any atom is 0.0307 e. The molecule has 1 aromatic heterocycles. The first-order chi connectivity index (χ1) is 6.20. The molecule has 1 N–H and O–H groups in total. The Morgan fingerprint density at radius 3 is 2.77 bits per heavy atom. The maximum absolute atomic E-state index is 3.65. The van der Waals surface area contributed by atoms with Gasteiger partial charge in [0.1, 0.15) is 0 Å². The van der Waals surface area contributed by atoms with Gasteiger partial charge in [-0.15, -0.1) is 11.3 Å². The molecule has 0 atom stereocenters. The molecule has 1 aromatic rings. The molecule has 0 amide bonds. The zero-order chi connectivity index (χ0) is 9.31. The van der Waals surface area contributed by atoms with E-state index in [-0.39, 0.29) is 0 Å². The molecular formula is C11H17NS. The third kappa shape index (κ3) is 1.94. The van der Waals surface area contributed by atoms with Crippen molar-refractivity contribution in [1.82, 2.24) is 5.32 Å². The Hall–Kier alpha value is -0.340. The van der Waals surface area contributed by atoms with Gasteiger partial charge in [-0.1, -0.05) is 0 Å². The summed E-state index contributed by atoms with van der Waals surface area (Å²) in [5.74, 6) is 0. The minimum absolute atomic E-state index is 0.441. The summed E-state index contributed by atoms with van der Waals surface area (Å²) < 4.78 is 0. The minimum atomic E-state index is 0.441. The molecule has 0 aliphatic heterocycles. The van der Waals surface area contributed by atoms with Crippen molar-refractivity contribution in [1.29, 1.82) is 0 Å². The Balaban J connectivity index is 1.89. The third-order valence-corrected chi connectivity index (χ3v) is 4.12. The molecular weight excluding hydrogens is 178 g/mol. The van der Waals surface area contributed by atoms with Crippen LogP contribution >= 0.6 is 11.3 Å². The monoisotopic (exact) mass is 195 g/mol. The molecule has 1 fully saturated rings. The fourth-order valence-corrected chi connectivity index (χ4v) is 2.61. The van der Waals surface area contributed by atoms with Crippen molar-refractivity contribution < 1.29 is 0 Å². The molecule has 13 heavy (non-hydrogen) atoms. The quantitative estimate of drug-likeness (QED) is 0.781. The lowest BCUT2D eigenvalue weighted by molar-refractivity contribution is 0.207. The van der Waals surface area contributed by atoms with E-state index in [1.807, 2.05) is 11.3 Å². The highest BCUT2D eigenvalue weighted by Gasteiger charge is 2.30. The number of nitrogens with one attached hydrogen (secondary N) is 1. The number of aryl methyl sites for hydroxylation is 1. The van der Waals surface area contributed by atoms with E-state index >= 15 is 0 Å². The van der Waals surface area contributed by atoms with Crippen molar-refractivity contribution in [3.8, 4) is 0 Å². The van der Waals surface area contributed by atoms with Crippen molar-refractivity contribution >= 4 is 11.3 Å². The predicted octanol–water partition coefficient (Wildman–Crippen LogP) is 3.09. The van der Waals surface area contributed by atoms with E-state index in [1.54, 1.807) is 0 Å².